The number of aromatic amines is 1. The van der Waals surface area contributed by atoms with Gasteiger partial charge in [0.1, 0.15) is 5.75 Å². The Hall–Kier alpha value is -3.13. The highest BCUT2D eigenvalue weighted by molar-refractivity contribution is 7.71. The summed E-state index contributed by atoms with van der Waals surface area (Å²) in [6, 6.07) is 12.5. The fourth-order valence-electron chi connectivity index (χ4n) is 2.47. The summed E-state index contributed by atoms with van der Waals surface area (Å²) in [4.78, 5) is 0. The van der Waals surface area contributed by atoms with E-state index in [4.69, 9.17) is 21.7 Å². The highest BCUT2D eigenvalue weighted by Crippen LogP contribution is 2.26. The van der Waals surface area contributed by atoms with Gasteiger partial charge in [0.05, 0.1) is 19.4 Å². The van der Waals surface area contributed by atoms with Crippen molar-refractivity contribution in [2.45, 2.75) is 20.0 Å². The number of hydrogen-bond acceptors (Lipinski definition) is 6. The first kappa shape index (κ1) is 18.7. The number of aromatic nitrogens is 3. The van der Waals surface area contributed by atoms with Crippen LogP contribution in [0.1, 0.15) is 19.4 Å². The van der Waals surface area contributed by atoms with E-state index in [9.17, 15) is 5.11 Å². The molecule has 0 unspecified atom stereocenters. The second-order valence-electron chi connectivity index (χ2n) is 6.03. The lowest BCUT2D eigenvalue weighted by Crippen LogP contribution is -2.05. The molecule has 1 heterocycles. The lowest BCUT2D eigenvalue weighted by molar-refractivity contribution is 0.242. The summed E-state index contributed by atoms with van der Waals surface area (Å²) >= 11 is 5.30. The van der Waals surface area contributed by atoms with E-state index in [2.05, 4.69) is 15.3 Å². The Balaban J connectivity index is 1.95. The van der Waals surface area contributed by atoms with Crippen molar-refractivity contribution in [3.63, 3.8) is 0 Å². The van der Waals surface area contributed by atoms with Crippen LogP contribution in [-0.4, -0.2) is 39.4 Å². The number of nitrogens with one attached hydrogen (secondary N) is 1. The Labute approximate surface area is 161 Å². The quantitative estimate of drug-likeness (QED) is 0.496. The third-order valence-corrected chi connectivity index (χ3v) is 3.90. The summed E-state index contributed by atoms with van der Waals surface area (Å²) in [6.45, 7) is 3.94. The zero-order chi connectivity index (χ0) is 19.4. The molecule has 0 amide bonds. The Morgan fingerprint density at radius 1 is 1.26 bits per heavy atom. The Kier molecular flexibility index (Phi) is 5.56. The third-order valence-electron chi connectivity index (χ3n) is 3.64. The van der Waals surface area contributed by atoms with Gasteiger partial charge in [0.2, 0.25) is 4.77 Å². The molecule has 3 aromatic rings. The van der Waals surface area contributed by atoms with Crippen molar-refractivity contribution in [3.8, 4) is 28.6 Å². The third kappa shape index (κ3) is 4.35. The zero-order valence-electron chi connectivity index (χ0n) is 15.2. The topological polar surface area (TPSA) is 84.7 Å². The molecular weight excluding hydrogens is 364 g/mol. The molecular formula is C19H20N4O3S. The van der Waals surface area contributed by atoms with Gasteiger partial charge in [-0.1, -0.05) is 12.1 Å². The van der Waals surface area contributed by atoms with Gasteiger partial charge in [-0.15, -0.1) is 0 Å². The molecule has 0 aliphatic rings. The number of aromatic hydroxyl groups is 1. The number of phenols is 1. The first-order valence-electron chi connectivity index (χ1n) is 8.34. The maximum atomic E-state index is 9.69. The first-order chi connectivity index (χ1) is 13.0. The van der Waals surface area contributed by atoms with Crippen molar-refractivity contribution in [1.82, 2.24) is 14.9 Å². The average Bonchev–Trinajstić information content (AvgIpc) is 3.01. The largest absolute Gasteiger partial charge is 0.504 e. The Morgan fingerprint density at radius 2 is 2.07 bits per heavy atom. The number of methoxy groups -OCH3 is 1. The minimum Gasteiger partial charge on any atom is -0.504 e. The van der Waals surface area contributed by atoms with Crippen molar-refractivity contribution < 1.29 is 14.6 Å². The van der Waals surface area contributed by atoms with Crippen LogP contribution >= 0.6 is 12.2 Å². The first-order valence-corrected chi connectivity index (χ1v) is 8.74. The minimum atomic E-state index is 0.0669. The molecule has 0 aliphatic heterocycles. The van der Waals surface area contributed by atoms with Crippen LogP contribution in [0.2, 0.25) is 0 Å². The van der Waals surface area contributed by atoms with Crippen molar-refractivity contribution in [2.24, 2.45) is 5.10 Å². The zero-order valence-corrected chi connectivity index (χ0v) is 16.0. The Morgan fingerprint density at radius 3 is 2.81 bits per heavy atom. The van der Waals surface area contributed by atoms with Gasteiger partial charge in [-0.05, 0) is 62.0 Å². The molecule has 0 saturated carbocycles. The molecule has 2 N–H and O–H groups in total. The van der Waals surface area contributed by atoms with E-state index in [1.165, 1.54) is 11.8 Å². The number of hydrogen-bond donors (Lipinski definition) is 2. The van der Waals surface area contributed by atoms with Gasteiger partial charge in [0.25, 0.3) is 0 Å². The number of phenolic OH excluding ortho intramolecular Hbond substituents is 1. The lowest BCUT2D eigenvalue weighted by atomic mass is 10.2. The molecule has 8 heteroatoms. The minimum absolute atomic E-state index is 0.0669. The number of rotatable bonds is 6. The summed E-state index contributed by atoms with van der Waals surface area (Å²) in [5.41, 5.74) is 1.57. The van der Waals surface area contributed by atoms with E-state index in [1.807, 2.05) is 38.1 Å². The van der Waals surface area contributed by atoms with Crippen LogP contribution in [-0.2, 0) is 0 Å². The molecule has 2 aromatic carbocycles. The number of ether oxygens (including phenoxy) is 2. The van der Waals surface area contributed by atoms with Crippen LogP contribution in [0.5, 0.6) is 17.2 Å². The molecule has 0 atom stereocenters. The summed E-state index contributed by atoms with van der Waals surface area (Å²) in [5, 5.41) is 21.2. The van der Waals surface area contributed by atoms with Crippen LogP contribution in [0.3, 0.4) is 0 Å². The molecule has 0 saturated heterocycles. The summed E-state index contributed by atoms with van der Waals surface area (Å²) in [6.07, 6.45) is 1.69. The highest BCUT2D eigenvalue weighted by Gasteiger charge is 2.10. The smallest absolute Gasteiger partial charge is 0.216 e. The molecule has 27 heavy (non-hydrogen) atoms. The van der Waals surface area contributed by atoms with Gasteiger partial charge in [0, 0.05) is 5.56 Å². The lowest BCUT2D eigenvalue weighted by Gasteiger charge is -2.10. The van der Waals surface area contributed by atoms with Crippen LogP contribution in [0.25, 0.3) is 11.4 Å². The van der Waals surface area contributed by atoms with Gasteiger partial charge >= 0.3 is 0 Å². The predicted molar refractivity (Wildman–Crippen MR) is 106 cm³/mol. The average molecular weight is 384 g/mol. The molecule has 7 nitrogen and oxygen atoms in total. The molecule has 3 rings (SSSR count). The molecule has 0 bridgehead atoms. The van der Waals surface area contributed by atoms with Gasteiger partial charge in [-0.2, -0.15) is 14.9 Å². The fourth-order valence-corrected chi connectivity index (χ4v) is 2.64. The molecule has 0 spiro atoms. The van der Waals surface area contributed by atoms with Crippen molar-refractivity contribution >= 4 is 18.4 Å². The van der Waals surface area contributed by atoms with Crippen LogP contribution in [0.15, 0.2) is 47.6 Å². The SMILES string of the molecule is COc1cc(/C=N\n2c(-c3cccc(OC(C)C)c3)n[nH]c2=S)ccc1O. The molecule has 1 aromatic heterocycles. The normalized spacial score (nSPS) is 11.3. The van der Waals surface area contributed by atoms with Gasteiger partial charge in [-0.25, -0.2) is 5.10 Å². The molecule has 0 aliphatic carbocycles. The second kappa shape index (κ2) is 8.05. The number of benzene rings is 2. The van der Waals surface area contributed by atoms with E-state index in [-0.39, 0.29) is 11.9 Å². The van der Waals surface area contributed by atoms with E-state index in [1.54, 1.807) is 24.4 Å². The maximum absolute atomic E-state index is 9.69. The standard InChI is InChI=1S/C19H20N4O3S/c1-12(2)26-15-6-4-5-14(10-15)18-21-22-19(27)23(18)20-11-13-7-8-16(24)17(9-13)25-3/h4-12,24H,1-3H3,(H,22,27)/b20-11-. The molecule has 0 radical (unpaired) electrons. The molecule has 140 valence electrons. The predicted octanol–water partition coefficient (Wildman–Crippen LogP) is 3.99. The Bertz CT molecular complexity index is 1020. The van der Waals surface area contributed by atoms with E-state index < -0.39 is 0 Å². The highest BCUT2D eigenvalue weighted by atomic mass is 32.1. The maximum Gasteiger partial charge on any atom is 0.216 e. The summed E-state index contributed by atoms with van der Waals surface area (Å²) in [5.74, 6) is 1.75. The van der Waals surface area contributed by atoms with E-state index in [0.29, 0.717) is 16.3 Å². The van der Waals surface area contributed by atoms with Crippen LogP contribution in [0.4, 0.5) is 0 Å². The van der Waals surface area contributed by atoms with Crippen LogP contribution in [0, 0.1) is 4.77 Å². The van der Waals surface area contributed by atoms with E-state index >= 15 is 0 Å². The fraction of sp³-hybridized carbons (Fsp3) is 0.211. The number of nitrogens with zero attached hydrogens (tertiary/aromatic N) is 3. The summed E-state index contributed by atoms with van der Waals surface area (Å²) < 4.78 is 12.7. The molecule has 0 fully saturated rings. The number of H-pyrrole nitrogens is 1. The van der Waals surface area contributed by atoms with Crippen LogP contribution < -0.4 is 9.47 Å². The van der Waals surface area contributed by atoms with E-state index in [0.717, 1.165) is 16.9 Å². The van der Waals surface area contributed by atoms with Crippen molar-refractivity contribution in [1.29, 1.82) is 0 Å². The second-order valence-corrected chi connectivity index (χ2v) is 6.42. The summed E-state index contributed by atoms with van der Waals surface area (Å²) in [7, 11) is 1.49. The van der Waals surface area contributed by atoms with Gasteiger partial charge < -0.3 is 14.6 Å². The monoisotopic (exact) mass is 384 g/mol. The van der Waals surface area contributed by atoms with Gasteiger partial charge in [0.15, 0.2) is 17.3 Å². The van der Waals surface area contributed by atoms with Crippen molar-refractivity contribution in [3.05, 3.63) is 52.8 Å². The van der Waals surface area contributed by atoms with Crippen molar-refractivity contribution in [2.75, 3.05) is 7.11 Å². The van der Waals surface area contributed by atoms with Gasteiger partial charge in [-0.3, -0.25) is 0 Å².